The van der Waals surface area contributed by atoms with Gasteiger partial charge in [-0.25, -0.2) is 4.98 Å². The number of hydrogen-bond donors (Lipinski definition) is 2. The molecule has 0 bridgehead atoms. The molecule has 1 aromatic heterocycles. The first-order chi connectivity index (χ1) is 9.78. The zero-order chi connectivity index (χ0) is 13.9. The molecule has 2 unspecified atom stereocenters. The number of nitrogens with zero attached hydrogens (tertiary/aromatic N) is 2. The number of aromatic nitrogens is 3. The van der Waals surface area contributed by atoms with Crippen molar-refractivity contribution in [3.05, 3.63) is 42.0 Å². The van der Waals surface area contributed by atoms with Crippen LogP contribution in [0.25, 0.3) is 0 Å². The van der Waals surface area contributed by atoms with Gasteiger partial charge in [-0.1, -0.05) is 12.1 Å². The number of nitrogens with one attached hydrogen (secondary N) is 2. The second kappa shape index (κ2) is 5.63. The second-order valence-corrected chi connectivity index (χ2v) is 5.35. The quantitative estimate of drug-likeness (QED) is 0.848. The Morgan fingerprint density at radius 3 is 2.60 bits per heavy atom. The van der Waals surface area contributed by atoms with Gasteiger partial charge in [-0.05, 0) is 43.4 Å². The average Bonchev–Trinajstić information content (AvgIpc) is 3.17. The molecule has 2 N–H and O–H groups in total. The van der Waals surface area contributed by atoms with Gasteiger partial charge in [-0.3, -0.25) is 5.10 Å². The van der Waals surface area contributed by atoms with E-state index in [1.54, 1.807) is 13.4 Å². The Labute approximate surface area is 118 Å². The molecule has 5 nitrogen and oxygen atoms in total. The van der Waals surface area contributed by atoms with Crippen LogP contribution in [0.15, 0.2) is 30.6 Å². The number of H-pyrrole nitrogens is 1. The molecule has 1 heterocycles. The third-order valence-electron chi connectivity index (χ3n) is 3.84. The predicted octanol–water partition coefficient (Wildman–Crippen LogP) is 2.62. The zero-order valence-corrected chi connectivity index (χ0v) is 11.8. The highest BCUT2D eigenvalue weighted by molar-refractivity contribution is 5.30. The Morgan fingerprint density at radius 1 is 1.30 bits per heavy atom. The first kappa shape index (κ1) is 13.1. The van der Waals surface area contributed by atoms with Crippen LogP contribution < -0.4 is 10.1 Å². The molecule has 1 fully saturated rings. The molecule has 3 rings (SSSR count). The third-order valence-corrected chi connectivity index (χ3v) is 3.84. The van der Waals surface area contributed by atoms with E-state index in [2.05, 4.69) is 39.6 Å². The molecule has 0 aliphatic heterocycles. The van der Waals surface area contributed by atoms with Crippen LogP contribution in [0.1, 0.15) is 43.2 Å². The highest BCUT2D eigenvalue weighted by Gasteiger charge is 2.33. The van der Waals surface area contributed by atoms with E-state index in [-0.39, 0.29) is 6.04 Å². The van der Waals surface area contributed by atoms with Crippen LogP contribution in [-0.4, -0.2) is 22.3 Å². The van der Waals surface area contributed by atoms with Crippen molar-refractivity contribution < 1.29 is 4.74 Å². The van der Waals surface area contributed by atoms with E-state index in [0.29, 0.717) is 12.0 Å². The molecule has 1 aliphatic rings. The Bertz CT molecular complexity index is 534. The molecule has 0 amide bonds. The molecule has 0 spiro atoms. The molecule has 106 valence electrons. The molecule has 2 atom stereocenters. The number of rotatable bonds is 6. The highest BCUT2D eigenvalue weighted by atomic mass is 16.5. The van der Waals surface area contributed by atoms with Crippen molar-refractivity contribution in [1.82, 2.24) is 20.5 Å². The summed E-state index contributed by atoms with van der Waals surface area (Å²) in [4.78, 5) is 4.22. The van der Waals surface area contributed by atoms with Crippen molar-refractivity contribution in [2.75, 3.05) is 7.11 Å². The van der Waals surface area contributed by atoms with E-state index >= 15 is 0 Å². The summed E-state index contributed by atoms with van der Waals surface area (Å²) in [5, 5.41) is 10.5. The van der Waals surface area contributed by atoms with Gasteiger partial charge in [0.05, 0.1) is 13.2 Å². The van der Waals surface area contributed by atoms with Crippen molar-refractivity contribution in [3.8, 4) is 5.75 Å². The van der Waals surface area contributed by atoms with Gasteiger partial charge in [-0.2, -0.15) is 5.10 Å². The van der Waals surface area contributed by atoms with Crippen LogP contribution >= 0.6 is 0 Å². The zero-order valence-electron chi connectivity index (χ0n) is 11.8. The minimum absolute atomic E-state index is 0.158. The lowest BCUT2D eigenvalue weighted by Crippen LogP contribution is -2.27. The topological polar surface area (TPSA) is 62.8 Å². The molecular formula is C15H20N4O. The minimum Gasteiger partial charge on any atom is -0.497 e. The fourth-order valence-electron chi connectivity index (χ4n) is 2.52. The summed E-state index contributed by atoms with van der Waals surface area (Å²) in [5.41, 5.74) is 1.31. The van der Waals surface area contributed by atoms with Crippen LogP contribution in [0, 0.1) is 5.92 Å². The van der Waals surface area contributed by atoms with Crippen molar-refractivity contribution >= 4 is 0 Å². The molecule has 2 aromatic rings. The summed E-state index contributed by atoms with van der Waals surface area (Å²) in [6, 6.07) is 8.84. The number of ether oxygens (including phenoxy) is 1. The fraction of sp³-hybridized carbons (Fsp3) is 0.467. The van der Waals surface area contributed by atoms with Gasteiger partial charge < -0.3 is 10.1 Å². The van der Waals surface area contributed by atoms with Gasteiger partial charge in [-0.15, -0.1) is 0 Å². The van der Waals surface area contributed by atoms with Crippen LogP contribution in [0.2, 0.25) is 0 Å². The molecule has 0 radical (unpaired) electrons. The van der Waals surface area contributed by atoms with E-state index in [0.717, 1.165) is 11.6 Å². The van der Waals surface area contributed by atoms with E-state index in [9.17, 15) is 0 Å². The summed E-state index contributed by atoms with van der Waals surface area (Å²) < 4.78 is 5.22. The van der Waals surface area contributed by atoms with Gasteiger partial charge in [0, 0.05) is 6.04 Å². The lowest BCUT2D eigenvalue weighted by atomic mass is 10.0. The monoisotopic (exact) mass is 272 g/mol. The van der Waals surface area contributed by atoms with E-state index in [1.165, 1.54) is 18.4 Å². The normalized spacial score (nSPS) is 17.7. The fourth-order valence-corrected chi connectivity index (χ4v) is 2.52. The number of benzene rings is 1. The molecule has 20 heavy (non-hydrogen) atoms. The first-order valence-corrected chi connectivity index (χ1v) is 7.03. The Morgan fingerprint density at radius 2 is 2.05 bits per heavy atom. The predicted molar refractivity (Wildman–Crippen MR) is 76.4 cm³/mol. The van der Waals surface area contributed by atoms with Crippen molar-refractivity contribution in [3.63, 3.8) is 0 Å². The Hall–Kier alpha value is -1.88. The summed E-state index contributed by atoms with van der Waals surface area (Å²) in [7, 11) is 1.69. The number of methoxy groups -OCH3 is 1. The molecule has 5 heteroatoms. The Kier molecular flexibility index (Phi) is 3.69. The van der Waals surface area contributed by atoms with Crippen LogP contribution in [0.5, 0.6) is 5.75 Å². The van der Waals surface area contributed by atoms with Crippen LogP contribution in [0.4, 0.5) is 0 Å². The van der Waals surface area contributed by atoms with Gasteiger partial charge in [0.25, 0.3) is 0 Å². The smallest absolute Gasteiger partial charge is 0.141 e. The molecule has 1 saturated carbocycles. The van der Waals surface area contributed by atoms with Crippen molar-refractivity contribution in [2.45, 2.75) is 31.8 Å². The van der Waals surface area contributed by atoms with Crippen LogP contribution in [0.3, 0.4) is 0 Å². The average molecular weight is 272 g/mol. The molecule has 0 saturated heterocycles. The van der Waals surface area contributed by atoms with Gasteiger partial charge in [0.15, 0.2) is 0 Å². The van der Waals surface area contributed by atoms with Crippen molar-refractivity contribution in [2.24, 2.45) is 5.92 Å². The lowest BCUT2D eigenvalue weighted by Gasteiger charge is -2.22. The minimum atomic E-state index is 0.158. The maximum Gasteiger partial charge on any atom is 0.141 e. The van der Waals surface area contributed by atoms with Gasteiger partial charge in [0.1, 0.15) is 17.9 Å². The Balaban J connectivity index is 1.75. The van der Waals surface area contributed by atoms with Gasteiger partial charge >= 0.3 is 0 Å². The summed E-state index contributed by atoms with van der Waals surface area (Å²) in [6.07, 6.45) is 4.12. The SMILES string of the molecule is COc1ccc(C(NC(C)c2ncn[nH]2)C2CC2)cc1. The maximum absolute atomic E-state index is 5.22. The molecule has 1 aromatic carbocycles. The molecule has 1 aliphatic carbocycles. The highest BCUT2D eigenvalue weighted by Crippen LogP contribution is 2.42. The molecular weight excluding hydrogens is 252 g/mol. The lowest BCUT2D eigenvalue weighted by molar-refractivity contribution is 0.408. The first-order valence-electron chi connectivity index (χ1n) is 7.03. The van der Waals surface area contributed by atoms with E-state index in [4.69, 9.17) is 4.74 Å². The maximum atomic E-state index is 5.22. The van der Waals surface area contributed by atoms with E-state index in [1.807, 2.05) is 12.1 Å². The number of aromatic amines is 1. The largest absolute Gasteiger partial charge is 0.497 e. The standard InChI is InChI=1S/C15H20N4O/c1-10(15-16-9-17-19-15)18-14(11-3-4-11)12-5-7-13(20-2)8-6-12/h5-11,14,18H,3-4H2,1-2H3,(H,16,17,19). The second-order valence-electron chi connectivity index (χ2n) is 5.35. The summed E-state index contributed by atoms with van der Waals surface area (Å²) >= 11 is 0. The van der Waals surface area contributed by atoms with Crippen LogP contribution in [-0.2, 0) is 0 Å². The van der Waals surface area contributed by atoms with Gasteiger partial charge in [0.2, 0.25) is 0 Å². The number of hydrogen-bond acceptors (Lipinski definition) is 4. The van der Waals surface area contributed by atoms with E-state index < -0.39 is 0 Å². The third kappa shape index (κ3) is 2.82. The summed E-state index contributed by atoms with van der Waals surface area (Å²) in [5.74, 6) is 2.49. The summed E-state index contributed by atoms with van der Waals surface area (Å²) in [6.45, 7) is 2.11. The van der Waals surface area contributed by atoms with Crippen molar-refractivity contribution in [1.29, 1.82) is 0 Å².